The number of carbonyl (C=O) groups is 2. The number of ether oxygens (including phenoxy) is 1. The number of esters is 1. The van der Waals surface area contributed by atoms with E-state index in [4.69, 9.17) is 4.42 Å². The maximum absolute atomic E-state index is 12.0. The largest absolute Gasteiger partial charge is 0.465 e. The summed E-state index contributed by atoms with van der Waals surface area (Å²) in [6, 6.07) is 0. The van der Waals surface area contributed by atoms with E-state index in [1.807, 2.05) is 0 Å². The first-order valence-corrected chi connectivity index (χ1v) is 6.30. The molecule has 100 valence electrons. The van der Waals surface area contributed by atoms with Crippen LogP contribution in [0.1, 0.15) is 31.5 Å². The van der Waals surface area contributed by atoms with Crippen LogP contribution in [0.15, 0.2) is 16.2 Å². The zero-order chi connectivity index (χ0) is 14.0. The average Bonchev–Trinajstić information content (AvgIpc) is 2.96. The van der Waals surface area contributed by atoms with Crippen molar-refractivity contribution in [2.24, 2.45) is 0 Å². The summed E-state index contributed by atoms with van der Waals surface area (Å²) in [6.07, 6.45) is 1.20. The van der Waals surface area contributed by atoms with Crippen molar-refractivity contribution in [2.45, 2.75) is 13.8 Å². The van der Waals surface area contributed by atoms with E-state index in [9.17, 15) is 9.59 Å². The zero-order valence-corrected chi connectivity index (χ0v) is 11.5. The van der Waals surface area contributed by atoms with Gasteiger partial charge in [0.25, 0.3) is 5.91 Å². The van der Waals surface area contributed by atoms with Gasteiger partial charge in [-0.3, -0.25) is 4.79 Å². The fraction of sp³-hybridized carbons (Fsp3) is 0.250. The van der Waals surface area contributed by atoms with Gasteiger partial charge in [-0.25, -0.2) is 9.78 Å². The average molecular weight is 280 g/mol. The lowest BCUT2D eigenvalue weighted by molar-refractivity contribution is 0.0607. The molecule has 1 N–H and O–H groups in total. The van der Waals surface area contributed by atoms with E-state index < -0.39 is 11.9 Å². The van der Waals surface area contributed by atoms with Crippen molar-refractivity contribution in [3.63, 3.8) is 0 Å². The Kier molecular flexibility index (Phi) is 3.66. The number of aromatic nitrogens is 1. The minimum absolute atomic E-state index is 0.126. The lowest BCUT2D eigenvalue weighted by atomic mass is 10.2. The molecule has 0 saturated heterocycles. The third kappa shape index (κ3) is 2.50. The molecule has 0 bridgehead atoms. The Hall–Kier alpha value is -2.15. The Bertz CT molecular complexity index is 629. The van der Waals surface area contributed by atoms with Gasteiger partial charge in [0.1, 0.15) is 4.88 Å². The number of methoxy groups -OCH3 is 1. The van der Waals surface area contributed by atoms with Gasteiger partial charge in [0.15, 0.2) is 6.39 Å². The van der Waals surface area contributed by atoms with E-state index in [-0.39, 0.29) is 5.76 Å². The topological polar surface area (TPSA) is 81.4 Å². The molecule has 2 aromatic heterocycles. The number of aryl methyl sites for hydroxylation is 2. The Morgan fingerprint density at radius 3 is 2.74 bits per heavy atom. The molecule has 0 aromatic carbocycles. The van der Waals surface area contributed by atoms with Crippen LogP contribution in [0.4, 0.5) is 5.69 Å². The van der Waals surface area contributed by atoms with Crippen LogP contribution in [-0.4, -0.2) is 24.0 Å². The summed E-state index contributed by atoms with van der Waals surface area (Å²) in [5, 5.41) is 4.43. The minimum Gasteiger partial charge on any atom is -0.465 e. The SMILES string of the molecule is COC(=O)c1scc(C)c1NC(=O)c1ocnc1C. The molecule has 0 aliphatic carbocycles. The van der Waals surface area contributed by atoms with Gasteiger partial charge in [0.2, 0.25) is 5.76 Å². The summed E-state index contributed by atoms with van der Waals surface area (Å²) in [7, 11) is 1.30. The highest BCUT2D eigenvalue weighted by Gasteiger charge is 2.21. The first-order valence-electron chi connectivity index (χ1n) is 5.42. The third-order valence-electron chi connectivity index (χ3n) is 2.54. The van der Waals surface area contributed by atoms with Crippen LogP contribution >= 0.6 is 11.3 Å². The van der Waals surface area contributed by atoms with Crippen LogP contribution in [0, 0.1) is 13.8 Å². The third-order valence-corrected chi connectivity index (χ3v) is 3.61. The molecule has 0 atom stereocenters. The second kappa shape index (κ2) is 5.23. The van der Waals surface area contributed by atoms with E-state index in [1.54, 1.807) is 19.2 Å². The Labute approximate surface area is 113 Å². The molecule has 0 saturated carbocycles. The molecule has 0 aliphatic heterocycles. The molecule has 0 spiro atoms. The molecule has 0 aliphatic rings. The van der Waals surface area contributed by atoms with Gasteiger partial charge in [-0.1, -0.05) is 0 Å². The number of thiophene rings is 1. The Morgan fingerprint density at radius 2 is 2.16 bits per heavy atom. The number of oxazole rings is 1. The van der Waals surface area contributed by atoms with Crippen LogP contribution in [0.5, 0.6) is 0 Å². The highest BCUT2D eigenvalue weighted by molar-refractivity contribution is 7.12. The number of rotatable bonds is 3. The number of hydrogen-bond donors (Lipinski definition) is 1. The summed E-state index contributed by atoms with van der Waals surface area (Å²) in [6.45, 7) is 3.46. The highest BCUT2D eigenvalue weighted by atomic mass is 32.1. The first kappa shape index (κ1) is 13.3. The van der Waals surface area contributed by atoms with Crippen LogP contribution in [0.25, 0.3) is 0 Å². The summed E-state index contributed by atoms with van der Waals surface area (Å²) >= 11 is 1.22. The minimum atomic E-state index is -0.484. The number of anilines is 1. The van der Waals surface area contributed by atoms with Crippen LogP contribution in [0.2, 0.25) is 0 Å². The number of amides is 1. The summed E-state index contributed by atoms with van der Waals surface area (Å²) < 4.78 is 9.68. The zero-order valence-electron chi connectivity index (χ0n) is 10.6. The van der Waals surface area contributed by atoms with E-state index >= 15 is 0 Å². The Balaban J connectivity index is 2.29. The summed E-state index contributed by atoms with van der Waals surface area (Å²) in [5.41, 5.74) is 1.72. The van der Waals surface area contributed by atoms with Crippen molar-refractivity contribution < 1.29 is 18.7 Å². The lowest BCUT2D eigenvalue weighted by Crippen LogP contribution is -2.15. The second-order valence-electron chi connectivity index (χ2n) is 3.84. The van der Waals surface area contributed by atoms with Crippen molar-refractivity contribution in [3.05, 3.63) is 33.7 Å². The maximum atomic E-state index is 12.0. The molecular formula is C12H12N2O4S. The van der Waals surface area contributed by atoms with E-state index in [1.165, 1.54) is 24.8 Å². The van der Waals surface area contributed by atoms with Gasteiger partial charge >= 0.3 is 5.97 Å². The van der Waals surface area contributed by atoms with Crippen molar-refractivity contribution >= 4 is 28.9 Å². The Morgan fingerprint density at radius 1 is 1.42 bits per heavy atom. The molecule has 6 nitrogen and oxygen atoms in total. The smallest absolute Gasteiger partial charge is 0.350 e. The van der Waals surface area contributed by atoms with Gasteiger partial charge in [0, 0.05) is 0 Å². The molecule has 0 radical (unpaired) electrons. The molecule has 1 amide bonds. The van der Waals surface area contributed by atoms with Gasteiger partial charge < -0.3 is 14.5 Å². The van der Waals surface area contributed by atoms with Crippen molar-refractivity contribution in [2.75, 3.05) is 12.4 Å². The maximum Gasteiger partial charge on any atom is 0.350 e. The number of hydrogen-bond acceptors (Lipinski definition) is 6. The predicted octanol–water partition coefficient (Wildman–Crippen LogP) is 2.39. The number of nitrogens with one attached hydrogen (secondary N) is 1. The normalized spacial score (nSPS) is 10.3. The summed E-state index contributed by atoms with van der Waals surface area (Å²) in [4.78, 5) is 27.8. The quantitative estimate of drug-likeness (QED) is 0.873. The molecule has 0 unspecified atom stereocenters. The van der Waals surface area contributed by atoms with Gasteiger partial charge in [-0.05, 0) is 24.8 Å². The molecule has 2 aromatic rings. The number of carbonyl (C=O) groups excluding carboxylic acids is 2. The van der Waals surface area contributed by atoms with Crippen LogP contribution < -0.4 is 5.32 Å². The van der Waals surface area contributed by atoms with Crippen molar-refractivity contribution in [1.29, 1.82) is 0 Å². The lowest BCUT2D eigenvalue weighted by Gasteiger charge is -2.05. The van der Waals surface area contributed by atoms with E-state index in [0.29, 0.717) is 16.3 Å². The summed E-state index contributed by atoms with van der Waals surface area (Å²) in [5.74, 6) is -0.800. The first-order chi connectivity index (χ1) is 9.04. The monoisotopic (exact) mass is 280 g/mol. The molecular weight excluding hydrogens is 268 g/mol. The fourth-order valence-corrected chi connectivity index (χ4v) is 2.45. The van der Waals surface area contributed by atoms with E-state index in [0.717, 1.165) is 5.56 Å². The number of nitrogens with zero attached hydrogens (tertiary/aromatic N) is 1. The molecule has 2 heterocycles. The van der Waals surface area contributed by atoms with Crippen molar-refractivity contribution in [1.82, 2.24) is 4.98 Å². The standard InChI is InChI=1S/C12H12N2O4S/c1-6-4-19-10(12(16)17-3)8(6)14-11(15)9-7(2)13-5-18-9/h4-5H,1-3H3,(H,14,15). The second-order valence-corrected chi connectivity index (χ2v) is 4.72. The van der Waals surface area contributed by atoms with Gasteiger partial charge in [-0.2, -0.15) is 0 Å². The highest BCUT2D eigenvalue weighted by Crippen LogP contribution is 2.28. The predicted molar refractivity (Wildman–Crippen MR) is 69.6 cm³/mol. The fourth-order valence-electron chi connectivity index (χ4n) is 1.53. The molecule has 7 heteroatoms. The van der Waals surface area contributed by atoms with Gasteiger partial charge in [0.05, 0.1) is 18.5 Å². The molecule has 2 rings (SSSR count). The molecule has 0 fully saturated rings. The van der Waals surface area contributed by atoms with Crippen LogP contribution in [0.3, 0.4) is 0 Å². The van der Waals surface area contributed by atoms with Crippen molar-refractivity contribution in [3.8, 4) is 0 Å². The van der Waals surface area contributed by atoms with Gasteiger partial charge in [-0.15, -0.1) is 11.3 Å². The molecule has 19 heavy (non-hydrogen) atoms. The van der Waals surface area contributed by atoms with Crippen LogP contribution in [-0.2, 0) is 4.74 Å². The van der Waals surface area contributed by atoms with E-state index in [2.05, 4.69) is 15.0 Å².